The van der Waals surface area contributed by atoms with E-state index in [1.165, 1.54) is 0 Å². The number of carbonyl (C=O) groups excluding carboxylic acids is 1. The van der Waals surface area contributed by atoms with E-state index in [1.54, 1.807) is 0 Å². The number of carbonyl (C=O) groups is 2. The van der Waals surface area contributed by atoms with Gasteiger partial charge in [0.1, 0.15) is 6.61 Å². The van der Waals surface area contributed by atoms with Crippen LogP contribution in [0.1, 0.15) is 40.0 Å². The van der Waals surface area contributed by atoms with Crippen LogP contribution in [0.3, 0.4) is 0 Å². The van der Waals surface area contributed by atoms with Gasteiger partial charge in [-0.3, -0.25) is 0 Å². The second-order valence-corrected chi connectivity index (χ2v) is 4.17. The summed E-state index contributed by atoms with van der Waals surface area (Å²) in [6, 6.07) is -0.237. The molecule has 0 saturated heterocycles. The van der Waals surface area contributed by atoms with Crippen LogP contribution in [0.25, 0.3) is 0 Å². The molecule has 106 valence electrons. The van der Waals surface area contributed by atoms with Crippen molar-refractivity contribution in [2.45, 2.75) is 45.6 Å². The lowest BCUT2D eigenvalue weighted by Gasteiger charge is -2.31. The maximum Gasteiger partial charge on any atom is 0.329 e. The number of carboxylic acids is 1. The average Bonchev–Trinajstić information content (AvgIpc) is 2.35. The van der Waals surface area contributed by atoms with Gasteiger partial charge < -0.3 is 20.5 Å². The molecular formula is C12H24N2O4. The first-order valence-electron chi connectivity index (χ1n) is 6.35. The zero-order chi connectivity index (χ0) is 14.0. The number of aliphatic carboxylic acids is 1. The van der Waals surface area contributed by atoms with Gasteiger partial charge in [0, 0.05) is 12.1 Å². The van der Waals surface area contributed by atoms with Crippen LogP contribution in [-0.2, 0) is 9.53 Å². The van der Waals surface area contributed by atoms with E-state index in [4.69, 9.17) is 9.84 Å². The first-order chi connectivity index (χ1) is 8.49. The third kappa shape index (κ3) is 6.44. The van der Waals surface area contributed by atoms with E-state index in [0.717, 1.165) is 19.3 Å². The molecular weight excluding hydrogens is 236 g/mol. The number of hydrogen-bond acceptors (Lipinski definition) is 3. The fraction of sp³-hybridized carbons (Fsp3) is 0.833. The van der Waals surface area contributed by atoms with Gasteiger partial charge in [-0.1, -0.05) is 20.8 Å². The second kappa shape index (κ2) is 8.74. The third-order valence-electron chi connectivity index (χ3n) is 3.17. The maximum atomic E-state index is 11.6. The Kier molecular flexibility index (Phi) is 8.11. The number of hydrogen-bond donors (Lipinski definition) is 3. The number of carboxylic acid groups (broad SMARTS) is 1. The van der Waals surface area contributed by atoms with Gasteiger partial charge in [-0.2, -0.15) is 0 Å². The number of urea groups is 1. The normalized spacial score (nSPS) is 11.1. The predicted molar refractivity (Wildman–Crippen MR) is 68.6 cm³/mol. The van der Waals surface area contributed by atoms with Crippen LogP contribution in [0.2, 0.25) is 0 Å². The zero-order valence-electron chi connectivity index (χ0n) is 11.4. The third-order valence-corrected chi connectivity index (χ3v) is 3.17. The van der Waals surface area contributed by atoms with Crippen LogP contribution >= 0.6 is 0 Å². The highest BCUT2D eigenvalue weighted by atomic mass is 16.5. The van der Waals surface area contributed by atoms with Gasteiger partial charge in [0.2, 0.25) is 0 Å². The number of nitrogens with one attached hydrogen (secondary N) is 2. The van der Waals surface area contributed by atoms with E-state index in [0.29, 0.717) is 6.54 Å². The monoisotopic (exact) mass is 260 g/mol. The Hall–Kier alpha value is -1.30. The fourth-order valence-corrected chi connectivity index (χ4v) is 1.70. The first-order valence-corrected chi connectivity index (χ1v) is 6.35. The minimum atomic E-state index is -1.01. The Morgan fingerprint density at radius 1 is 1.17 bits per heavy atom. The van der Waals surface area contributed by atoms with Crippen LogP contribution < -0.4 is 10.6 Å². The topological polar surface area (TPSA) is 87.7 Å². The van der Waals surface area contributed by atoms with E-state index >= 15 is 0 Å². The summed E-state index contributed by atoms with van der Waals surface area (Å²) in [5.74, 6) is -1.01. The van der Waals surface area contributed by atoms with Crippen LogP contribution in [-0.4, -0.2) is 42.4 Å². The van der Waals surface area contributed by atoms with Crippen molar-refractivity contribution in [2.24, 2.45) is 0 Å². The van der Waals surface area contributed by atoms with Crippen LogP contribution in [0.15, 0.2) is 0 Å². The van der Waals surface area contributed by atoms with Crippen molar-refractivity contribution in [3.8, 4) is 0 Å². The molecule has 0 aromatic heterocycles. The van der Waals surface area contributed by atoms with Gasteiger partial charge in [-0.15, -0.1) is 0 Å². The highest BCUT2D eigenvalue weighted by Gasteiger charge is 2.25. The molecule has 0 radical (unpaired) electrons. The number of amides is 2. The van der Waals surface area contributed by atoms with Crippen LogP contribution in [0.4, 0.5) is 4.79 Å². The molecule has 0 aromatic carbocycles. The van der Waals surface area contributed by atoms with Gasteiger partial charge in [0.25, 0.3) is 0 Å². The summed E-state index contributed by atoms with van der Waals surface area (Å²) in [7, 11) is 0. The summed E-state index contributed by atoms with van der Waals surface area (Å²) in [6.45, 7) is 6.28. The van der Waals surface area contributed by atoms with Crippen molar-refractivity contribution in [2.75, 3.05) is 19.8 Å². The van der Waals surface area contributed by atoms with Crippen molar-refractivity contribution < 1.29 is 19.4 Å². The summed E-state index contributed by atoms with van der Waals surface area (Å²) in [5, 5.41) is 13.9. The molecule has 0 fully saturated rings. The van der Waals surface area contributed by atoms with Gasteiger partial charge in [-0.05, 0) is 19.3 Å². The molecule has 18 heavy (non-hydrogen) atoms. The number of ether oxygens (including phenoxy) is 1. The average molecular weight is 260 g/mol. The maximum absolute atomic E-state index is 11.6. The van der Waals surface area contributed by atoms with Crippen molar-refractivity contribution in [3.63, 3.8) is 0 Å². The summed E-state index contributed by atoms with van der Waals surface area (Å²) in [4.78, 5) is 21.8. The van der Waals surface area contributed by atoms with Gasteiger partial charge in [-0.25, -0.2) is 9.59 Å². The molecule has 3 N–H and O–H groups in total. The van der Waals surface area contributed by atoms with E-state index in [-0.39, 0.29) is 24.8 Å². The predicted octanol–water partition coefficient (Wildman–Crippen LogP) is 1.36. The zero-order valence-corrected chi connectivity index (χ0v) is 11.4. The van der Waals surface area contributed by atoms with E-state index in [2.05, 4.69) is 10.6 Å². The van der Waals surface area contributed by atoms with Crippen LogP contribution in [0, 0.1) is 0 Å². The lowest BCUT2D eigenvalue weighted by molar-refractivity contribution is -0.142. The van der Waals surface area contributed by atoms with Gasteiger partial charge >= 0.3 is 12.0 Å². The molecule has 0 spiro atoms. The smallest absolute Gasteiger partial charge is 0.329 e. The Morgan fingerprint density at radius 2 is 1.72 bits per heavy atom. The van der Waals surface area contributed by atoms with Crippen molar-refractivity contribution in [3.05, 3.63) is 0 Å². The van der Waals surface area contributed by atoms with Gasteiger partial charge in [0.15, 0.2) is 0 Å². The standard InChI is InChI=1S/C12H24N2O4/c1-4-12(5-2,6-3)14-11(17)13-7-8-18-9-10(15)16/h4-9H2,1-3H3,(H,15,16)(H2,13,14,17). The Bertz CT molecular complexity index is 257. The van der Waals surface area contributed by atoms with Crippen LogP contribution in [0.5, 0.6) is 0 Å². The van der Waals surface area contributed by atoms with Crippen molar-refractivity contribution in [1.29, 1.82) is 0 Å². The minimum Gasteiger partial charge on any atom is -0.480 e. The van der Waals surface area contributed by atoms with E-state index in [1.807, 2.05) is 20.8 Å². The molecule has 0 unspecified atom stereocenters. The minimum absolute atomic E-state index is 0.161. The lowest BCUT2D eigenvalue weighted by Crippen LogP contribution is -2.51. The number of rotatable bonds is 9. The summed E-state index contributed by atoms with van der Waals surface area (Å²) in [5.41, 5.74) is -0.161. The molecule has 0 rings (SSSR count). The molecule has 6 heteroatoms. The molecule has 0 aliphatic rings. The first kappa shape index (κ1) is 16.7. The molecule has 2 amide bonds. The van der Waals surface area contributed by atoms with Gasteiger partial charge in [0.05, 0.1) is 6.61 Å². The molecule has 0 atom stereocenters. The second-order valence-electron chi connectivity index (χ2n) is 4.17. The SMILES string of the molecule is CCC(CC)(CC)NC(=O)NCCOCC(=O)O. The highest BCUT2D eigenvalue weighted by Crippen LogP contribution is 2.18. The van der Waals surface area contributed by atoms with Crippen molar-refractivity contribution >= 4 is 12.0 Å². The Morgan fingerprint density at radius 3 is 2.17 bits per heavy atom. The van der Waals surface area contributed by atoms with Crippen molar-refractivity contribution in [1.82, 2.24) is 10.6 Å². The molecule has 0 aliphatic carbocycles. The fourth-order valence-electron chi connectivity index (χ4n) is 1.70. The molecule has 6 nitrogen and oxygen atoms in total. The van der Waals surface area contributed by atoms with E-state index in [9.17, 15) is 9.59 Å². The summed E-state index contributed by atoms with van der Waals surface area (Å²) < 4.78 is 4.81. The molecule has 0 bridgehead atoms. The molecule has 0 aliphatic heterocycles. The molecule has 0 aromatic rings. The molecule has 0 heterocycles. The molecule has 0 saturated carbocycles. The summed E-state index contributed by atoms with van der Waals surface area (Å²) in [6.07, 6.45) is 2.63. The highest BCUT2D eigenvalue weighted by molar-refractivity contribution is 5.74. The summed E-state index contributed by atoms with van der Waals surface area (Å²) >= 11 is 0. The Labute approximate surface area is 108 Å². The largest absolute Gasteiger partial charge is 0.480 e. The quantitative estimate of drug-likeness (QED) is 0.546. The lowest BCUT2D eigenvalue weighted by atomic mass is 9.90. The van der Waals surface area contributed by atoms with E-state index < -0.39 is 5.97 Å². The Balaban J connectivity index is 3.86.